The van der Waals surface area contributed by atoms with Crippen LogP contribution < -0.4 is 5.32 Å². The second-order valence-corrected chi connectivity index (χ2v) is 23.0. The molecule has 0 aromatic rings. The van der Waals surface area contributed by atoms with Gasteiger partial charge in [0.2, 0.25) is 5.91 Å². The molecule has 0 aromatic carbocycles. The number of esters is 1. The molecule has 0 radical (unpaired) electrons. The van der Waals surface area contributed by atoms with Crippen LogP contribution in [-0.4, -0.2) is 74.3 Å². The molecule has 0 aliphatic heterocycles. The third kappa shape index (κ3) is 54.1. The highest BCUT2D eigenvalue weighted by Crippen LogP contribution is 2.43. The van der Waals surface area contributed by atoms with Gasteiger partial charge in [-0.05, 0) is 102 Å². The third-order valence-corrected chi connectivity index (χ3v) is 14.1. The number of allylic oxidation sites excluding steroid dienone is 11. The molecular formula is C63H116N2O7P+. The predicted octanol–water partition coefficient (Wildman–Crippen LogP) is 18.4. The molecule has 10 heteroatoms. The number of carbonyl (C=O) groups excluding carboxylic acids is 2. The summed E-state index contributed by atoms with van der Waals surface area (Å²) in [5.41, 5.74) is 0. The van der Waals surface area contributed by atoms with Gasteiger partial charge in [-0.3, -0.25) is 18.6 Å². The van der Waals surface area contributed by atoms with Crippen LogP contribution in [0, 0.1) is 0 Å². The minimum absolute atomic E-state index is 0.0319. The van der Waals surface area contributed by atoms with Gasteiger partial charge >= 0.3 is 13.8 Å². The zero-order valence-corrected chi connectivity index (χ0v) is 49.3. The maximum atomic E-state index is 13.5. The van der Waals surface area contributed by atoms with E-state index in [4.69, 9.17) is 13.8 Å². The van der Waals surface area contributed by atoms with Crippen molar-refractivity contribution in [3.05, 3.63) is 72.9 Å². The highest BCUT2D eigenvalue weighted by Gasteiger charge is 2.30. The smallest absolute Gasteiger partial charge is 0.456 e. The molecule has 0 saturated carbocycles. The summed E-state index contributed by atoms with van der Waals surface area (Å²) in [6, 6.07) is -0.865. The Kier molecular flexibility index (Phi) is 51.0. The number of hydrogen-bond acceptors (Lipinski definition) is 6. The van der Waals surface area contributed by atoms with Crippen LogP contribution in [0.25, 0.3) is 0 Å². The van der Waals surface area contributed by atoms with Gasteiger partial charge in [0.1, 0.15) is 19.3 Å². The van der Waals surface area contributed by atoms with Gasteiger partial charge in [0.15, 0.2) is 0 Å². The number of phosphoric ester groups is 1. The van der Waals surface area contributed by atoms with E-state index in [1.54, 1.807) is 0 Å². The molecule has 0 aliphatic rings. The lowest BCUT2D eigenvalue weighted by molar-refractivity contribution is -0.870. The van der Waals surface area contributed by atoms with Gasteiger partial charge in [-0.25, -0.2) is 4.57 Å². The van der Waals surface area contributed by atoms with E-state index in [1.807, 2.05) is 33.3 Å². The number of quaternary nitrogens is 1. The monoisotopic (exact) mass is 1040 g/mol. The van der Waals surface area contributed by atoms with Crippen LogP contribution in [0.4, 0.5) is 0 Å². The van der Waals surface area contributed by atoms with Gasteiger partial charge in [-0.1, -0.05) is 222 Å². The van der Waals surface area contributed by atoms with Crippen molar-refractivity contribution in [2.75, 3.05) is 40.9 Å². The first kappa shape index (κ1) is 70.5. The predicted molar refractivity (Wildman–Crippen MR) is 314 cm³/mol. The average Bonchev–Trinajstić information content (AvgIpc) is 3.35. The summed E-state index contributed by atoms with van der Waals surface area (Å²) in [6.45, 7) is 6.95. The zero-order chi connectivity index (χ0) is 53.6. The molecule has 0 spiro atoms. The summed E-state index contributed by atoms with van der Waals surface area (Å²) in [5, 5.41) is 3.04. The summed E-state index contributed by atoms with van der Waals surface area (Å²) in [5.74, 6) is -0.546. The van der Waals surface area contributed by atoms with Crippen LogP contribution in [0.2, 0.25) is 0 Å². The molecule has 9 nitrogen and oxygen atoms in total. The van der Waals surface area contributed by atoms with Gasteiger partial charge in [-0.2, -0.15) is 0 Å². The average molecular weight is 1040 g/mol. The molecule has 0 rings (SSSR count). The van der Waals surface area contributed by atoms with Gasteiger partial charge in [0.05, 0.1) is 33.8 Å². The van der Waals surface area contributed by atoms with E-state index >= 15 is 0 Å². The second kappa shape index (κ2) is 52.9. The molecule has 0 bridgehead atoms. The molecule has 3 atom stereocenters. The van der Waals surface area contributed by atoms with Crippen LogP contribution in [0.1, 0.15) is 265 Å². The number of phosphoric acid groups is 1. The molecule has 3 unspecified atom stereocenters. The van der Waals surface area contributed by atoms with Crippen molar-refractivity contribution < 1.29 is 37.3 Å². The summed E-state index contributed by atoms with van der Waals surface area (Å²) in [7, 11) is 1.47. The van der Waals surface area contributed by atoms with Crippen molar-refractivity contribution in [1.82, 2.24) is 5.32 Å². The van der Waals surface area contributed by atoms with Crippen LogP contribution in [0.15, 0.2) is 72.9 Å². The van der Waals surface area contributed by atoms with Crippen LogP contribution >= 0.6 is 7.82 Å². The molecule has 424 valence electrons. The Bertz CT molecular complexity index is 1480. The second-order valence-electron chi connectivity index (χ2n) is 21.5. The number of nitrogens with zero attached hydrogens (tertiary/aromatic N) is 1. The fourth-order valence-corrected chi connectivity index (χ4v) is 9.12. The molecule has 0 heterocycles. The Labute approximate surface area is 451 Å². The number of hydrogen-bond donors (Lipinski definition) is 2. The SMILES string of the molecule is CCCCC/C=C\C/C=C\C/C=C\C/C=C\CCCCCC(=O)OC(/C=C/CCCCCCCCCCC)C(COP(=O)(O)OCC[N+](C)(C)C)NC(=O)CCCCCCCCC/C=C/CCCCCCCC. The van der Waals surface area contributed by atoms with E-state index in [0.717, 1.165) is 89.9 Å². The number of likely N-dealkylation sites (N-methyl/N-ethyl adjacent to an activating group) is 1. The Hall–Kier alpha value is -2.55. The summed E-state index contributed by atoms with van der Waals surface area (Å²) >= 11 is 0. The molecule has 0 saturated heterocycles. The minimum Gasteiger partial charge on any atom is -0.456 e. The molecule has 0 aromatic heterocycles. The maximum absolute atomic E-state index is 13.5. The summed E-state index contributed by atoms with van der Waals surface area (Å²) < 4.78 is 30.6. The number of unbranched alkanes of at least 4 members (excludes halogenated alkanes) is 28. The van der Waals surface area contributed by atoms with Crippen molar-refractivity contribution in [2.45, 2.75) is 277 Å². The fraction of sp³-hybridized carbons (Fsp3) is 0.778. The van der Waals surface area contributed by atoms with E-state index in [1.165, 1.54) is 135 Å². The first-order valence-electron chi connectivity index (χ1n) is 30.3. The quantitative estimate of drug-likeness (QED) is 0.0205. The van der Waals surface area contributed by atoms with Gasteiger partial charge in [0, 0.05) is 12.8 Å². The Morgan fingerprint density at radius 3 is 1.30 bits per heavy atom. The van der Waals surface area contributed by atoms with Crippen molar-refractivity contribution in [3.8, 4) is 0 Å². The first-order valence-corrected chi connectivity index (χ1v) is 31.8. The van der Waals surface area contributed by atoms with Gasteiger partial charge in [-0.15, -0.1) is 0 Å². The molecule has 2 N–H and O–H groups in total. The van der Waals surface area contributed by atoms with Crippen LogP contribution in [0.3, 0.4) is 0 Å². The molecule has 0 fully saturated rings. The van der Waals surface area contributed by atoms with E-state index < -0.39 is 20.0 Å². The Morgan fingerprint density at radius 2 is 0.836 bits per heavy atom. The first-order chi connectivity index (χ1) is 35.4. The lowest BCUT2D eigenvalue weighted by atomic mass is 10.1. The lowest BCUT2D eigenvalue weighted by Crippen LogP contribution is -2.47. The molecule has 73 heavy (non-hydrogen) atoms. The van der Waals surface area contributed by atoms with Crippen molar-refractivity contribution in [1.29, 1.82) is 0 Å². The standard InChI is InChI=1S/C63H115N2O7P/c1-7-10-13-16-19-22-25-27-29-31-32-34-36-38-41-44-47-50-53-56-63(67)72-61(54-51-48-45-42-39-24-21-18-15-12-9-3)60(59-71-73(68,69)70-58-57-65(4,5)6)64-62(66)55-52-49-46-43-40-37-35-33-30-28-26-23-20-17-14-11-8-2/h19,22,27-30,32,34,38,41,51,54,60-61H,7-18,20-21,23-26,31,33,35-37,39-40,42-50,52-53,55-59H2,1-6H3,(H-,64,66,68,69)/p+1/b22-19-,29-27-,30-28+,34-32-,41-38-,54-51+. The highest BCUT2D eigenvalue weighted by atomic mass is 31.2. The summed E-state index contributed by atoms with van der Waals surface area (Å²) in [4.78, 5) is 37.6. The van der Waals surface area contributed by atoms with Crippen LogP contribution in [-0.2, 0) is 27.9 Å². The minimum atomic E-state index is -4.46. The van der Waals surface area contributed by atoms with E-state index in [0.29, 0.717) is 23.9 Å². The lowest BCUT2D eigenvalue weighted by Gasteiger charge is -2.27. The van der Waals surface area contributed by atoms with Crippen molar-refractivity contribution in [3.63, 3.8) is 0 Å². The Balaban J connectivity index is 5.33. The zero-order valence-electron chi connectivity index (χ0n) is 48.4. The molecular weight excluding hydrogens is 928 g/mol. The number of ether oxygens (including phenoxy) is 1. The number of rotatable bonds is 54. The third-order valence-electron chi connectivity index (χ3n) is 13.1. The number of carbonyl (C=O) groups is 2. The van der Waals surface area contributed by atoms with E-state index in [9.17, 15) is 19.0 Å². The van der Waals surface area contributed by atoms with Crippen LogP contribution in [0.5, 0.6) is 0 Å². The topological polar surface area (TPSA) is 111 Å². The number of amides is 1. The largest absolute Gasteiger partial charge is 0.472 e. The molecule has 1 amide bonds. The van der Waals surface area contributed by atoms with Crippen molar-refractivity contribution >= 4 is 19.7 Å². The normalized spacial score (nSPS) is 14.2. The number of nitrogens with one attached hydrogen (secondary N) is 1. The fourth-order valence-electron chi connectivity index (χ4n) is 8.39. The van der Waals surface area contributed by atoms with E-state index in [-0.39, 0.29) is 31.5 Å². The maximum Gasteiger partial charge on any atom is 0.472 e. The summed E-state index contributed by atoms with van der Waals surface area (Å²) in [6.07, 6.45) is 67.5. The van der Waals surface area contributed by atoms with E-state index in [2.05, 4.69) is 86.8 Å². The molecule has 0 aliphatic carbocycles. The van der Waals surface area contributed by atoms with Crippen molar-refractivity contribution in [2.24, 2.45) is 0 Å². The Morgan fingerprint density at radius 1 is 0.479 bits per heavy atom. The van der Waals surface area contributed by atoms with Gasteiger partial charge in [0.25, 0.3) is 0 Å². The van der Waals surface area contributed by atoms with Gasteiger partial charge < -0.3 is 19.4 Å². The highest BCUT2D eigenvalue weighted by molar-refractivity contribution is 7.47.